The predicted molar refractivity (Wildman–Crippen MR) is 53.0 cm³/mol. The highest BCUT2D eigenvalue weighted by Gasteiger charge is 2.39. The first kappa shape index (κ1) is 9.21. The average Bonchev–Trinajstić information content (AvgIpc) is 2.14. The molecule has 0 spiro atoms. The lowest BCUT2D eigenvalue weighted by Gasteiger charge is -2.44. The van der Waals surface area contributed by atoms with Crippen LogP contribution in [0.3, 0.4) is 0 Å². The van der Waals surface area contributed by atoms with E-state index in [1.54, 1.807) is 24.0 Å². The Morgan fingerprint density at radius 1 is 1.36 bits per heavy atom. The molecule has 0 aromatic heterocycles. The third kappa shape index (κ3) is 1.63. The first-order valence-electron chi connectivity index (χ1n) is 4.65. The van der Waals surface area contributed by atoms with Gasteiger partial charge in [0.1, 0.15) is 0 Å². The van der Waals surface area contributed by atoms with Gasteiger partial charge in [0.2, 0.25) is 0 Å². The molecule has 1 aliphatic heterocycles. The number of carbonyl (C=O) groups is 1. The molecule has 0 saturated carbocycles. The molecule has 1 aromatic rings. The molecule has 1 N–H and O–H groups in total. The molecule has 3 nitrogen and oxygen atoms in total. The zero-order valence-corrected chi connectivity index (χ0v) is 8.10. The highest BCUT2D eigenvalue weighted by molar-refractivity contribution is 5.94. The molecular formula is C11H13NO2. The van der Waals surface area contributed by atoms with Crippen LogP contribution in [0.15, 0.2) is 30.3 Å². The number of nitrogens with zero attached hydrogens (tertiary/aromatic N) is 1. The summed E-state index contributed by atoms with van der Waals surface area (Å²) >= 11 is 0. The summed E-state index contributed by atoms with van der Waals surface area (Å²) in [7, 11) is 0. The molecule has 0 aliphatic carbocycles. The van der Waals surface area contributed by atoms with Crippen LogP contribution < -0.4 is 0 Å². The maximum Gasteiger partial charge on any atom is 0.254 e. The summed E-state index contributed by atoms with van der Waals surface area (Å²) in [5.41, 5.74) is -0.00671. The number of aliphatic hydroxyl groups is 1. The maximum absolute atomic E-state index is 11.7. The van der Waals surface area contributed by atoms with E-state index < -0.39 is 5.60 Å². The van der Waals surface area contributed by atoms with Crippen molar-refractivity contribution in [2.75, 3.05) is 13.1 Å². The van der Waals surface area contributed by atoms with Gasteiger partial charge in [0.15, 0.2) is 0 Å². The second kappa shape index (κ2) is 3.10. The summed E-state index contributed by atoms with van der Waals surface area (Å²) < 4.78 is 0. The molecule has 1 aromatic carbocycles. The molecule has 2 rings (SSSR count). The van der Waals surface area contributed by atoms with Gasteiger partial charge in [-0.1, -0.05) is 18.2 Å². The third-order valence-corrected chi connectivity index (χ3v) is 2.37. The Labute approximate surface area is 83.0 Å². The molecule has 1 saturated heterocycles. The van der Waals surface area contributed by atoms with Crippen molar-refractivity contribution in [1.82, 2.24) is 4.90 Å². The second-order valence-corrected chi connectivity index (χ2v) is 4.02. The number of hydrogen-bond donors (Lipinski definition) is 1. The Morgan fingerprint density at radius 2 is 1.93 bits per heavy atom. The Hall–Kier alpha value is -1.35. The van der Waals surface area contributed by atoms with E-state index in [0.29, 0.717) is 18.7 Å². The van der Waals surface area contributed by atoms with Crippen LogP contribution >= 0.6 is 0 Å². The molecule has 3 heteroatoms. The van der Waals surface area contributed by atoms with E-state index in [1.807, 2.05) is 18.2 Å². The van der Waals surface area contributed by atoms with Crippen molar-refractivity contribution in [3.8, 4) is 0 Å². The standard InChI is InChI=1S/C11H13NO2/c1-11(14)7-12(8-11)10(13)9-5-3-2-4-6-9/h2-6,14H,7-8H2,1H3. The average molecular weight is 191 g/mol. The molecule has 1 fully saturated rings. The SMILES string of the molecule is CC1(O)CN(C(=O)c2ccccc2)C1. The normalized spacial score (nSPS) is 18.9. The second-order valence-electron chi connectivity index (χ2n) is 4.02. The highest BCUT2D eigenvalue weighted by atomic mass is 16.3. The summed E-state index contributed by atoms with van der Waals surface area (Å²) in [4.78, 5) is 13.4. The fourth-order valence-corrected chi connectivity index (χ4v) is 1.68. The minimum Gasteiger partial charge on any atom is -0.386 e. The van der Waals surface area contributed by atoms with E-state index >= 15 is 0 Å². The molecule has 1 amide bonds. The molecule has 0 bridgehead atoms. The van der Waals surface area contributed by atoms with Gasteiger partial charge < -0.3 is 10.0 Å². The molecule has 1 aliphatic rings. The van der Waals surface area contributed by atoms with Gasteiger partial charge in [0, 0.05) is 5.56 Å². The van der Waals surface area contributed by atoms with E-state index in [-0.39, 0.29) is 5.91 Å². The summed E-state index contributed by atoms with van der Waals surface area (Å²) in [6, 6.07) is 9.13. The van der Waals surface area contributed by atoms with Crippen molar-refractivity contribution < 1.29 is 9.90 Å². The van der Waals surface area contributed by atoms with Crippen LogP contribution in [0, 0.1) is 0 Å². The van der Waals surface area contributed by atoms with Gasteiger partial charge >= 0.3 is 0 Å². The van der Waals surface area contributed by atoms with E-state index in [1.165, 1.54) is 0 Å². The molecule has 1 heterocycles. The molecule has 74 valence electrons. The van der Waals surface area contributed by atoms with E-state index in [9.17, 15) is 9.90 Å². The van der Waals surface area contributed by atoms with Gasteiger partial charge in [-0.2, -0.15) is 0 Å². The lowest BCUT2D eigenvalue weighted by molar-refractivity contribution is -0.0668. The number of likely N-dealkylation sites (tertiary alicyclic amines) is 1. The van der Waals surface area contributed by atoms with Crippen molar-refractivity contribution in [3.63, 3.8) is 0 Å². The van der Waals surface area contributed by atoms with Crippen LogP contribution in [-0.4, -0.2) is 34.6 Å². The fraction of sp³-hybridized carbons (Fsp3) is 0.364. The summed E-state index contributed by atoms with van der Waals surface area (Å²) in [5, 5.41) is 9.49. The number of hydrogen-bond acceptors (Lipinski definition) is 2. The Bertz CT molecular complexity index is 338. The Balaban J connectivity index is 2.05. The fourth-order valence-electron chi connectivity index (χ4n) is 1.68. The van der Waals surface area contributed by atoms with Crippen LogP contribution in [0.4, 0.5) is 0 Å². The zero-order valence-electron chi connectivity index (χ0n) is 8.10. The first-order valence-corrected chi connectivity index (χ1v) is 4.65. The monoisotopic (exact) mass is 191 g/mol. The van der Waals surface area contributed by atoms with E-state index in [0.717, 1.165) is 0 Å². The predicted octanol–water partition coefficient (Wildman–Crippen LogP) is 0.893. The topological polar surface area (TPSA) is 40.5 Å². The van der Waals surface area contributed by atoms with E-state index in [4.69, 9.17) is 0 Å². The van der Waals surface area contributed by atoms with Crippen molar-refractivity contribution in [2.45, 2.75) is 12.5 Å². The molecule has 0 atom stereocenters. The van der Waals surface area contributed by atoms with Gasteiger partial charge in [-0.3, -0.25) is 4.79 Å². The van der Waals surface area contributed by atoms with Crippen LogP contribution in [0.5, 0.6) is 0 Å². The van der Waals surface area contributed by atoms with Gasteiger partial charge in [-0.25, -0.2) is 0 Å². The number of amides is 1. The van der Waals surface area contributed by atoms with Gasteiger partial charge in [-0.15, -0.1) is 0 Å². The van der Waals surface area contributed by atoms with Gasteiger partial charge in [-0.05, 0) is 19.1 Å². The third-order valence-electron chi connectivity index (χ3n) is 2.37. The molecular weight excluding hydrogens is 178 g/mol. The molecule has 0 radical (unpaired) electrons. The lowest BCUT2D eigenvalue weighted by atomic mass is 9.96. The minimum atomic E-state index is -0.690. The van der Waals surface area contributed by atoms with Crippen molar-refractivity contribution in [3.05, 3.63) is 35.9 Å². The maximum atomic E-state index is 11.7. The summed E-state index contributed by atoms with van der Waals surface area (Å²) in [6.07, 6.45) is 0. The van der Waals surface area contributed by atoms with Crippen LogP contribution in [0.1, 0.15) is 17.3 Å². The van der Waals surface area contributed by atoms with Crippen LogP contribution in [0.25, 0.3) is 0 Å². The molecule has 14 heavy (non-hydrogen) atoms. The largest absolute Gasteiger partial charge is 0.386 e. The first-order chi connectivity index (χ1) is 6.58. The molecule has 0 unspecified atom stereocenters. The van der Waals surface area contributed by atoms with Crippen molar-refractivity contribution >= 4 is 5.91 Å². The number of rotatable bonds is 1. The van der Waals surface area contributed by atoms with Gasteiger partial charge in [0.05, 0.1) is 18.7 Å². The summed E-state index contributed by atoms with van der Waals surface area (Å²) in [6.45, 7) is 2.60. The number of carbonyl (C=O) groups excluding carboxylic acids is 1. The quantitative estimate of drug-likeness (QED) is 0.716. The van der Waals surface area contributed by atoms with Crippen LogP contribution in [0.2, 0.25) is 0 Å². The van der Waals surface area contributed by atoms with Crippen molar-refractivity contribution in [1.29, 1.82) is 0 Å². The van der Waals surface area contributed by atoms with Crippen molar-refractivity contribution in [2.24, 2.45) is 0 Å². The Morgan fingerprint density at radius 3 is 2.43 bits per heavy atom. The van der Waals surface area contributed by atoms with Gasteiger partial charge in [0.25, 0.3) is 5.91 Å². The highest BCUT2D eigenvalue weighted by Crippen LogP contribution is 2.21. The zero-order chi connectivity index (χ0) is 10.2. The lowest BCUT2D eigenvalue weighted by Crippen LogP contribution is -2.61. The summed E-state index contributed by atoms with van der Waals surface area (Å²) in [5.74, 6) is -0.00266. The van der Waals surface area contributed by atoms with Crippen LogP contribution in [-0.2, 0) is 0 Å². The van der Waals surface area contributed by atoms with E-state index in [2.05, 4.69) is 0 Å². The minimum absolute atomic E-state index is 0.00266. The smallest absolute Gasteiger partial charge is 0.254 e. The number of β-amino-alcohol motifs (C(OH)–C–C–N with tert-alkyl or cyclic N) is 1. The number of benzene rings is 1. The Kier molecular flexibility index (Phi) is 2.04.